The Hall–Kier alpha value is -1.52. The fraction of sp³-hybridized carbons (Fsp3) is 0.550. The van der Waals surface area contributed by atoms with Gasteiger partial charge in [0.1, 0.15) is 11.5 Å². The molecule has 164 valence electrons. The van der Waals surface area contributed by atoms with Gasteiger partial charge in [-0.25, -0.2) is 8.42 Å². The minimum Gasteiger partial charge on any atom is -0.341 e. The second kappa shape index (κ2) is 9.32. The third-order valence-electron chi connectivity index (χ3n) is 5.09. The van der Waals surface area contributed by atoms with E-state index in [0.717, 1.165) is 21.1 Å². The number of sulfone groups is 1. The van der Waals surface area contributed by atoms with Gasteiger partial charge in [0.2, 0.25) is 5.91 Å². The van der Waals surface area contributed by atoms with Crippen molar-refractivity contribution in [2.24, 2.45) is 16.8 Å². The molecule has 2 aromatic rings. The molecule has 2 atom stereocenters. The maximum atomic E-state index is 12.5. The second-order valence-corrected chi connectivity index (χ2v) is 12.0. The molecule has 2 amide bonds. The number of carbonyl (C=O) groups excluding carboxylic acids is 2. The predicted molar refractivity (Wildman–Crippen MR) is 122 cm³/mol. The summed E-state index contributed by atoms with van der Waals surface area (Å²) in [5, 5.41) is 0. The molecular weight excluding hydrogens is 490 g/mol. The number of benzene rings is 1. The van der Waals surface area contributed by atoms with E-state index in [-0.39, 0.29) is 0 Å². The van der Waals surface area contributed by atoms with Gasteiger partial charge in [-0.3, -0.25) is 9.59 Å². The summed E-state index contributed by atoms with van der Waals surface area (Å²) in [5.41, 5.74) is 0.934. The van der Waals surface area contributed by atoms with Crippen molar-refractivity contribution in [1.29, 1.82) is 0 Å². The lowest BCUT2D eigenvalue weighted by Gasteiger charge is -2.34. The zero-order chi connectivity index (χ0) is 22.1. The van der Waals surface area contributed by atoms with E-state index in [9.17, 15) is 18.0 Å². The van der Waals surface area contributed by atoms with Crippen LogP contribution in [0.1, 0.15) is 27.2 Å². The first-order chi connectivity index (χ1) is 14.1. The Balaban J connectivity index is 1.75. The molecule has 0 radical (unpaired) electrons. The second-order valence-electron chi connectivity index (χ2n) is 8.02. The molecule has 2 unspecified atom stereocenters. The molecule has 1 saturated heterocycles. The number of fused-ring (bicyclic) bond motifs is 1. The number of halogens is 1. The Morgan fingerprint density at radius 3 is 2.50 bits per heavy atom. The molecule has 0 saturated carbocycles. The third kappa shape index (κ3) is 5.59. The van der Waals surface area contributed by atoms with Crippen LogP contribution in [-0.4, -0.2) is 54.3 Å². The van der Waals surface area contributed by atoms with Crippen LogP contribution in [0.2, 0.25) is 0 Å². The van der Waals surface area contributed by atoms with E-state index >= 15 is 0 Å². The molecule has 7 nitrogen and oxygen atoms in total. The molecule has 10 heteroatoms. The summed E-state index contributed by atoms with van der Waals surface area (Å²) in [6.07, 6.45) is 1.02. The highest BCUT2D eigenvalue weighted by Crippen LogP contribution is 2.23. The van der Waals surface area contributed by atoms with Crippen molar-refractivity contribution in [3.05, 3.63) is 27.5 Å². The van der Waals surface area contributed by atoms with E-state index in [4.69, 9.17) is 0 Å². The van der Waals surface area contributed by atoms with E-state index in [0.29, 0.717) is 36.3 Å². The molecule has 1 aromatic heterocycles. The SMILES string of the molecule is CCn1c(=NC(=O)CS(=O)(=O)CC(=O)N2CC(C)CC(C)C2)sc2cc(Br)ccc21. The number of hydrogen-bond acceptors (Lipinski definition) is 5. The first-order valence-corrected chi connectivity index (χ1v) is 13.4. The van der Waals surface area contributed by atoms with E-state index < -0.39 is 33.2 Å². The van der Waals surface area contributed by atoms with Gasteiger partial charge >= 0.3 is 0 Å². The Morgan fingerprint density at radius 1 is 1.20 bits per heavy atom. The van der Waals surface area contributed by atoms with Crippen LogP contribution in [0.25, 0.3) is 10.2 Å². The first kappa shape index (κ1) is 23.1. The molecular formula is C20H26BrN3O4S2. The van der Waals surface area contributed by atoms with Crippen molar-refractivity contribution in [1.82, 2.24) is 9.47 Å². The summed E-state index contributed by atoms with van der Waals surface area (Å²) in [6, 6.07) is 5.77. The van der Waals surface area contributed by atoms with Crippen molar-refractivity contribution >= 4 is 59.1 Å². The van der Waals surface area contributed by atoms with Crippen LogP contribution in [0.5, 0.6) is 0 Å². The number of aromatic nitrogens is 1. The monoisotopic (exact) mass is 515 g/mol. The minimum atomic E-state index is -3.89. The molecule has 1 fully saturated rings. The van der Waals surface area contributed by atoms with Crippen molar-refractivity contribution in [3.8, 4) is 0 Å². The van der Waals surface area contributed by atoms with Gasteiger partial charge in [-0.15, -0.1) is 0 Å². The topological polar surface area (TPSA) is 88.8 Å². The number of hydrogen-bond donors (Lipinski definition) is 0. The fourth-order valence-electron chi connectivity index (χ4n) is 3.96. The van der Waals surface area contributed by atoms with Gasteiger partial charge in [-0.2, -0.15) is 4.99 Å². The van der Waals surface area contributed by atoms with Crippen molar-refractivity contribution in [2.45, 2.75) is 33.7 Å². The van der Waals surface area contributed by atoms with Crippen LogP contribution >= 0.6 is 27.3 Å². The van der Waals surface area contributed by atoms with Crippen LogP contribution in [0.15, 0.2) is 27.7 Å². The number of thiazole rings is 1. The molecule has 30 heavy (non-hydrogen) atoms. The van der Waals surface area contributed by atoms with Gasteiger partial charge in [-0.1, -0.05) is 41.1 Å². The number of rotatable bonds is 5. The largest absolute Gasteiger partial charge is 0.341 e. The predicted octanol–water partition coefficient (Wildman–Crippen LogP) is 2.83. The highest BCUT2D eigenvalue weighted by Gasteiger charge is 2.29. The molecule has 0 spiro atoms. The van der Waals surface area contributed by atoms with Crippen molar-refractivity contribution in [3.63, 3.8) is 0 Å². The van der Waals surface area contributed by atoms with E-state index in [2.05, 4.69) is 34.8 Å². The van der Waals surface area contributed by atoms with Gasteiger partial charge in [0.25, 0.3) is 5.91 Å². The standard InChI is InChI=1S/C20H26BrN3O4S2/c1-4-24-16-6-5-15(21)8-17(16)29-20(24)22-18(25)11-30(27,28)12-19(26)23-9-13(2)7-14(3)10-23/h5-6,8,13-14H,4,7,9-12H2,1-3H3. The molecule has 0 N–H and O–H groups in total. The summed E-state index contributed by atoms with van der Waals surface area (Å²) < 4.78 is 28.7. The number of nitrogens with zero attached hydrogens (tertiary/aromatic N) is 3. The minimum absolute atomic E-state index is 0.342. The van der Waals surface area contributed by atoms with E-state index in [1.54, 1.807) is 4.90 Å². The zero-order valence-corrected chi connectivity index (χ0v) is 20.5. The number of piperidine rings is 1. The van der Waals surface area contributed by atoms with Gasteiger partial charge in [0.15, 0.2) is 14.6 Å². The van der Waals surface area contributed by atoms with Crippen LogP contribution in [0.3, 0.4) is 0 Å². The van der Waals surface area contributed by atoms with Gasteiger partial charge in [-0.05, 0) is 43.4 Å². The molecule has 1 aromatic carbocycles. The van der Waals surface area contributed by atoms with Crippen LogP contribution in [0, 0.1) is 11.8 Å². The zero-order valence-electron chi connectivity index (χ0n) is 17.3. The molecule has 3 rings (SSSR count). The number of likely N-dealkylation sites (tertiary alicyclic amines) is 1. The maximum Gasteiger partial charge on any atom is 0.263 e. The van der Waals surface area contributed by atoms with Crippen LogP contribution < -0.4 is 4.80 Å². The summed E-state index contributed by atoms with van der Waals surface area (Å²) in [4.78, 5) is 31.0. The van der Waals surface area contributed by atoms with Gasteiger partial charge in [0, 0.05) is 24.1 Å². The number of amides is 2. The van der Waals surface area contributed by atoms with Crippen LogP contribution in [0.4, 0.5) is 0 Å². The van der Waals surface area contributed by atoms with E-state index in [1.165, 1.54) is 11.3 Å². The molecule has 1 aliphatic rings. The Labute approximate surface area is 188 Å². The van der Waals surface area contributed by atoms with E-state index in [1.807, 2.05) is 29.7 Å². The van der Waals surface area contributed by atoms with Crippen molar-refractivity contribution < 1.29 is 18.0 Å². The quantitative estimate of drug-likeness (QED) is 0.612. The summed E-state index contributed by atoms with van der Waals surface area (Å²) in [5.74, 6) is -1.92. The number of aryl methyl sites for hydroxylation is 1. The Morgan fingerprint density at radius 2 is 1.87 bits per heavy atom. The smallest absolute Gasteiger partial charge is 0.263 e. The summed E-state index contributed by atoms with van der Waals surface area (Å²) in [6.45, 7) is 7.77. The van der Waals surface area contributed by atoms with Gasteiger partial charge in [0.05, 0.1) is 10.2 Å². The first-order valence-electron chi connectivity index (χ1n) is 9.92. The summed E-state index contributed by atoms with van der Waals surface area (Å²) in [7, 11) is -3.89. The van der Waals surface area contributed by atoms with Crippen LogP contribution in [-0.2, 0) is 26.0 Å². The molecule has 1 aliphatic heterocycles. The maximum absolute atomic E-state index is 12.5. The lowest BCUT2D eigenvalue weighted by atomic mass is 9.92. The highest BCUT2D eigenvalue weighted by atomic mass is 79.9. The highest BCUT2D eigenvalue weighted by molar-refractivity contribution is 9.10. The fourth-order valence-corrected chi connectivity index (χ4v) is 6.73. The summed E-state index contributed by atoms with van der Waals surface area (Å²) >= 11 is 4.76. The van der Waals surface area contributed by atoms with Gasteiger partial charge < -0.3 is 9.47 Å². The number of carbonyl (C=O) groups is 2. The lowest BCUT2D eigenvalue weighted by molar-refractivity contribution is -0.131. The normalized spacial score (nSPS) is 20.7. The molecule has 2 heterocycles. The Kier molecular flexibility index (Phi) is 7.19. The lowest BCUT2D eigenvalue weighted by Crippen LogP contribution is -2.45. The third-order valence-corrected chi connectivity index (χ3v) is 8.00. The average molecular weight is 516 g/mol. The van der Waals surface area contributed by atoms with Crippen molar-refractivity contribution in [2.75, 3.05) is 24.6 Å². The Bertz CT molecular complexity index is 1130. The average Bonchev–Trinajstić information content (AvgIpc) is 2.95. The molecule has 0 bridgehead atoms. The molecule has 0 aliphatic carbocycles.